The van der Waals surface area contributed by atoms with Crippen molar-refractivity contribution in [1.82, 2.24) is 5.32 Å². The van der Waals surface area contributed by atoms with Crippen molar-refractivity contribution in [2.45, 2.75) is 19.4 Å². The smallest absolute Gasteiger partial charge is 0.133 e. The molecule has 28 heavy (non-hydrogen) atoms. The van der Waals surface area contributed by atoms with Gasteiger partial charge in [-0.1, -0.05) is 0 Å². The number of nitrogens with one attached hydrogen (secondary N) is 2. The second-order valence-corrected chi connectivity index (χ2v) is 6.38. The van der Waals surface area contributed by atoms with Crippen LogP contribution in [0.1, 0.15) is 18.9 Å². The third kappa shape index (κ3) is 5.19. The first-order chi connectivity index (χ1) is 12.8. The van der Waals surface area contributed by atoms with Crippen molar-refractivity contribution in [1.29, 1.82) is 0 Å². The third-order valence-corrected chi connectivity index (χ3v) is 4.48. The second-order valence-electron chi connectivity index (χ2n) is 6.38. The van der Waals surface area contributed by atoms with E-state index in [9.17, 15) is 0 Å². The van der Waals surface area contributed by atoms with Crippen LogP contribution in [0.25, 0.3) is 11.0 Å². The van der Waals surface area contributed by atoms with Gasteiger partial charge in [-0.2, -0.15) is 0 Å². The highest BCUT2D eigenvalue weighted by molar-refractivity contribution is 6.09. The Balaban J connectivity index is 0.00000140. The van der Waals surface area contributed by atoms with Crippen LogP contribution in [0.15, 0.2) is 64.2 Å². The van der Waals surface area contributed by atoms with Crippen LogP contribution in [0.2, 0.25) is 0 Å². The van der Waals surface area contributed by atoms with Crippen LogP contribution in [0.3, 0.4) is 0 Å². The van der Waals surface area contributed by atoms with Gasteiger partial charge in [0.25, 0.3) is 0 Å². The van der Waals surface area contributed by atoms with Crippen LogP contribution in [0, 0.1) is 0 Å². The summed E-state index contributed by atoms with van der Waals surface area (Å²) in [4.78, 5) is 4.62. The van der Waals surface area contributed by atoms with E-state index in [1.807, 2.05) is 49.4 Å². The minimum atomic E-state index is 0. The summed E-state index contributed by atoms with van der Waals surface area (Å²) in [6.07, 6.45) is 3.04. The summed E-state index contributed by atoms with van der Waals surface area (Å²) in [5, 5.41) is 7.81. The molecule has 0 aliphatic carbocycles. The molecule has 0 saturated carbocycles. The topological polar surface area (TPSA) is 58.8 Å². The van der Waals surface area contributed by atoms with Crippen LogP contribution < -0.4 is 15.4 Å². The number of nitrogens with zero attached hydrogens (tertiary/aromatic N) is 1. The van der Waals surface area contributed by atoms with E-state index < -0.39 is 0 Å². The van der Waals surface area contributed by atoms with E-state index in [2.05, 4.69) is 21.7 Å². The number of benzene rings is 2. The summed E-state index contributed by atoms with van der Waals surface area (Å²) in [6, 6.07) is 16.1. The van der Waals surface area contributed by atoms with Crippen molar-refractivity contribution >= 4 is 47.3 Å². The van der Waals surface area contributed by atoms with E-state index in [4.69, 9.17) is 9.15 Å². The van der Waals surface area contributed by atoms with Gasteiger partial charge in [-0.3, -0.25) is 4.99 Å². The molecule has 1 atom stereocenters. The Bertz CT molecular complexity index is 903. The highest BCUT2D eigenvalue weighted by Crippen LogP contribution is 2.21. The normalized spacial score (nSPS) is 16.3. The fourth-order valence-electron chi connectivity index (χ4n) is 3.15. The van der Waals surface area contributed by atoms with Crippen molar-refractivity contribution in [2.24, 2.45) is 4.99 Å². The Kier molecular flexibility index (Phi) is 8.18. The number of aliphatic imine (C=N–C) groups is 1. The molecule has 5 nitrogen and oxygen atoms in total. The standard InChI is InChI=1S/C21H23N3O2.2ClH/c1-2-23-21(16-3-8-20-15(13-16)10-12-25-20)24-17-4-6-18(7-5-17)26-19-9-11-22-14-19;;/h3-8,10,12-13,19,22H,2,9,11,14H2,1H3,(H,23,24);2*1H/t19-;;/m0../s1. The van der Waals surface area contributed by atoms with Crippen molar-refractivity contribution in [2.75, 3.05) is 25.0 Å². The van der Waals surface area contributed by atoms with E-state index >= 15 is 0 Å². The van der Waals surface area contributed by atoms with Crippen molar-refractivity contribution < 1.29 is 9.15 Å². The molecule has 1 saturated heterocycles. The first kappa shape index (κ1) is 22.1. The zero-order valence-corrected chi connectivity index (χ0v) is 17.3. The summed E-state index contributed by atoms with van der Waals surface area (Å²) in [5.41, 5.74) is 2.91. The van der Waals surface area contributed by atoms with E-state index in [-0.39, 0.29) is 30.9 Å². The number of hydrogen-bond donors (Lipinski definition) is 2. The molecule has 7 heteroatoms. The fraction of sp³-hybridized carbons (Fsp3) is 0.286. The highest BCUT2D eigenvalue weighted by Gasteiger charge is 2.15. The van der Waals surface area contributed by atoms with Gasteiger partial charge in [0.1, 0.15) is 23.3 Å². The summed E-state index contributed by atoms with van der Waals surface area (Å²) in [6.45, 7) is 4.69. The molecule has 1 aliphatic rings. The molecule has 150 valence electrons. The van der Waals surface area contributed by atoms with Gasteiger partial charge < -0.3 is 19.8 Å². The number of anilines is 1. The molecule has 3 aromatic rings. The van der Waals surface area contributed by atoms with Gasteiger partial charge in [-0.05, 0) is 68.4 Å². The second kappa shape index (κ2) is 10.4. The van der Waals surface area contributed by atoms with E-state index in [0.717, 1.165) is 53.3 Å². The molecule has 0 unspecified atom stereocenters. The van der Waals surface area contributed by atoms with Crippen LogP contribution in [-0.2, 0) is 0 Å². The summed E-state index contributed by atoms with van der Waals surface area (Å²) in [7, 11) is 0. The highest BCUT2D eigenvalue weighted by atomic mass is 35.5. The lowest BCUT2D eigenvalue weighted by Gasteiger charge is -2.14. The average Bonchev–Trinajstić information content (AvgIpc) is 3.34. The molecule has 4 rings (SSSR count). The Labute approximate surface area is 177 Å². The zero-order chi connectivity index (χ0) is 17.8. The fourth-order valence-corrected chi connectivity index (χ4v) is 3.15. The predicted octanol–water partition coefficient (Wildman–Crippen LogP) is 4.90. The largest absolute Gasteiger partial charge is 0.489 e. The lowest BCUT2D eigenvalue weighted by molar-refractivity contribution is 0.223. The lowest BCUT2D eigenvalue weighted by atomic mass is 10.1. The monoisotopic (exact) mass is 421 g/mol. The maximum atomic E-state index is 5.98. The Morgan fingerprint density at radius 2 is 2.00 bits per heavy atom. The zero-order valence-electron chi connectivity index (χ0n) is 15.7. The number of hydrogen-bond acceptors (Lipinski definition) is 4. The SMILES string of the molecule is CCN=C(Nc1ccc(O[C@H]2CCNC2)cc1)c1ccc2occc2c1.Cl.Cl. The Morgan fingerprint density at radius 1 is 1.18 bits per heavy atom. The minimum absolute atomic E-state index is 0. The number of amidine groups is 1. The average molecular weight is 422 g/mol. The van der Waals surface area contributed by atoms with Gasteiger partial charge in [0.05, 0.1) is 6.26 Å². The molecular weight excluding hydrogens is 397 g/mol. The molecule has 1 fully saturated rings. The van der Waals surface area contributed by atoms with Crippen LogP contribution >= 0.6 is 24.8 Å². The van der Waals surface area contributed by atoms with Gasteiger partial charge in [-0.15, -0.1) is 24.8 Å². The first-order valence-electron chi connectivity index (χ1n) is 9.08. The summed E-state index contributed by atoms with van der Waals surface area (Å²) in [5.74, 6) is 1.75. The lowest BCUT2D eigenvalue weighted by Crippen LogP contribution is -2.19. The van der Waals surface area contributed by atoms with Crippen molar-refractivity contribution in [3.05, 3.63) is 60.4 Å². The van der Waals surface area contributed by atoms with Crippen LogP contribution in [0.4, 0.5) is 5.69 Å². The quantitative estimate of drug-likeness (QED) is 0.454. The van der Waals surface area contributed by atoms with Gasteiger partial charge in [0, 0.05) is 29.7 Å². The maximum absolute atomic E-state index is 5.98. The third-order valence-electron chi connectivity index (χ3n) is 4.48. The maximum Gasteiger partial charge on any atom is 0.133 e. The van der Waals surface area contributed by atoms with E-state index in [1.165, 1.54) is 0 Å². The van der Waals surface area contributed by atoms with Gasteiger partial charge >= 0.3 is 0 Å². The van der Waals surface area contributed by atoms with Crippen molar-refractivity contribution in [3.8, 4) is 5.75 Å². The molecular formula is C21H25Cl2N3O2. The van der Waals surface area contributed by atoms with Gasteiger partial charge in [-0.25, -0.2) is 0 Å². The van der Waals surface area contributed by atoms with Crippen molar-refractivity contribution in [3.63, 3.8) is 0 Å². The van der Waals surface area contributed by atoms with Gasteiger partial charge in [0.2, 0.25) is 0 Å². The number of rotatable bonds is 5. The molecule has 2 N–H and O–H groups in total. The Hall–Kier alpha value is -2.21. The minimum Gasteiger partial charge on any atom is -0.489 e. The summed E-state index contributed by atoms with van der Waals surface area (Å²) >= 11 is 0. The van der Waals surface area contributed by atoms with Crippen LogP contribution in [-0.4, -0.2) is 31.6 Å². The first-order valence-corrected chi connectivity index (χ1v) is 9.08. The molecule has 1 aromatic heterocycles. The number of ether oxygens (including phenoxy) is 1. The molecule has 0 radical (unpaired) electrons. The van der Waals surface area contributed by atoms with Gasteiger partial charge in [0.15, 0.2) is 0 Å². The predicted molar refractivity (Wildman–Crippen MR) is 120 cm³/mol. The molecule has 1 aliphatic heterocycles. The van der Waals surface area contributed by atoms with E-state index in [0.29, 0.717) is 6.54 Å². The van der Waals surface area contributed by atoms with Crippen LogP contribution in [0.5, 0.6) is 5.75 Å². The number of fused-ring (bicyclic) bond motifs is 1. The molecule has 2 aromatic carbocycles. The molecule has 2 heterocycles. The molecule has 0 bridgehead atoms. The number of furan rings is 1. The summed E-state index contributed by atoms with van der Waals surface area (Å²) < 4.78 is 11.4. The number of halogens is 2. The van der Waals surface area contributed by atoms with E-state index in [1.54, 1.807) is 6.26 Å². The Morgan fingerprint density at radius 3 is 2.71 bits per heavy atom. The molecule has 0 amide bonds. The molecule has 0 spiro atoms.